The second-order valence-electron chi connectivity index (χ2n) is 4.82. The predicted octanol–water partition coefficient (Wildman–Crippen LogP) is 3.69. The van der Waals surface area contributed by atoms with Crippen molar-refractivity contribution in [3.63, 3.8) is 0 Å². The van der Waals surface area contributed by atoms with Crippen LogP contribution in [0, 0.1) is 10.1 Å². The molecule has 0 unspecified atom stereocenters. The van der Waals surface area contributed by atoms with Crippen molar-refractivity contribution >= 4 is 17.3 Å². The van der Waals surface area contributed by atoms with Crippen LogP contribution >= 0.6 is 0 Å². The lowest BCUT2D eigenvalue weighted by atomic mass is 10.1. The minimum Gasteiger partial charge on any atom is -0.486 e. The summed E-state index contributed by atoms with van der Waals surface area (Å²) in [6.45, 7) is 3.24. The number of anilines is 1. The Bertz CT molecular complexity index is 700. The summed E-state index contributed by atoms with van der Waals surface area (Å²) < 4.78 is 5.78. The van der Waals surface area contributed by atoms with Gasteiger partial charge >= 0.3 is 0 Å². The van der Waals surface area contributed by atoms with E-state index in [-0.39, 0.29) is 17.7 Å². The molecule has 114 valence electrons. The molecule has 0 fully saturated rings. The van der Waals surface area contributed by atoms with Crippen molar-refractivity contribution < 1.29 is 14.5 Å². The molecule has 1 N–H and O–H groups in total. The molecule has 0 heterocycles. The molecule has 0 saturated heterocycles. The third kappa shape index (κ3) is 4.05. The Morgan fingerprint density at radius 3 is 2.64 bits per heavy atom. The van der Waals surface area contributed by atoms with Gasteiger partial charge in [0.1, 0.15) is 11.9 Å². The zero-order valence-corrected chi connectivity index (χ0v) is 12.3. The fraction of sp³-hybridized carbons (Fsp3) is 0.188. The lowest BCUT2D eigenvalue weighted by Gasteiger charge is -2.15. The lowest BCUT2D eigenvalue weighted by molar-refractivity contribution is -0.385. The van der Waals surface area contributed by atoms with Crippen LogP contribution in [0.5, 0.6) is 5.75 Å². The molecule has 0 aromatic heterocycles. The number of nitro groups is 1. The van der Waals surface area contributed by atoms with Crippen LogP contribution in [0.1, 0.15) is 25.5 Å². The molecule has 0 aliphatic heterocycles. The van der Waals surface area contributed by atoms with Crippen LogP contribution in [0.4, 0.5) is 11.4 Å². The van der Waals surface area contributed by atoms with Gasteiger partial charge in [0, 0.05) is 30.8 Å². The van der Waals surface area contributed by atoms with Crippen LogP contribution in [0.3, 0.4) is 0 Å². The number of amides is 1. The summed E-state index contributed by atoms with van der Waals surface area (Å²) in [6.07, 6.45) is -0.354. The highest BCUT2D eigenvalue weighted by atomic mass is 16.6. The van der Waals surface area contributed by atoms with Gasteiger partial charge in [-0.05, 0) is 24.6 Å². The largest absolute Gasteiger partial charge is 0.486 e. The van der Waals surface area contributed by atoms with E-state index in [0.717, 1.165) is 0 Å². The van der Waals surface area contributed by atoms with E-state index >= 15 is 0 Å². The van der Waals surface area contributed by atoms with Crippen molar-refractivity contribution in [1.82, 2.24) is 0 Å². The highest BCUT2D eigenvalue weighted by molar-refractivity contribution is 5.88. The number of non-ortho nitro benzene ring substituents is 1. The summed E-state index contributed by atoms with van der Waals surface area (Å²) in [6, 6.07) is 13.3. The number of hydrogen-bond acceptors (Lipinski definition) is 4. The van der Waals surface area contributed by atoms with Crippen LogP contribution in [-0.4, -0.2) is 10.8 Å². The highest BCUT2D eigenvalue weighted by Crippen LogP contribution is 2.26. The van der Waals surface area contributed by atoms with Gasteiger partial charge in [0.2, 0.25) is 5.91 Å². The van der Waals surface area contributed by atoms with E-state index in [9.17, 15) is 14.9 Å². The zero-order chi connectivity index (χ0) is 16.1. The molecule has 2 aromatic carbocycles. The third-order valence-corrected chi connectivity index (χ3v) is 3.02. The summed E-state index contributed by atoms with van der Waals surface area (Å²) in [5, 5.41) is 13.5. The Hall–Kier alpha value is -2.89. The second-order valence-corrected chi connectivity index (χ2v) is 4.82. The summed E-state index contributed by atoms with van der Waals surface area (Å²) >= 11 is 0. The first-order chi connectivity index (χ1) is 10.5. The summed E-state index contributed by atoms with van der Waals surface area (Å²) in [4.78, 5) is 21.4. The van der Waals surface area contributed by atoms with Crippen LogP contribution in [0.15, 0.2) is 48.5 Å². The molecule has 1 atom stereocenters. The van der Waals surface area contributed by atoms with Crippen molar-refractivity contribution in [1.29, 1.82) is 0 Å². The average molecular weight is 300 g/mol. The zero-order valence-electron chi connectivity index (χ0n) is 12.3. The molecule has 0 aliphatic carbocycles. The Balaban J connectivity index is 2.14. The summed E-state index contributed by atoms with van der Waals surface area (Å²) in [7, 11) is 0. The molecule has 2 aromatic rings. The van der Waals surface area contributed by atoms with Crippen molar-refractivity contribution in [3.05, 3.63) is 64.2 Å². The van der Waals surface area contributed by atoms with Crippen molar-refractivity contribution in [2.24, 2.45) is 0 Å². The predicted molar refractivity (Wildman–Crippen MR) is 82.9 cm³/mol. The average Bonchev–Trinajstić information content (AvgIpc) is 2.47. The van der Waals surface area contributed by atoms with E-state index < -0.39 is 4.92 Å². The number of hydrogen-bond donors (Lipinski definition) is 1. The van der Waals surface area contributed by atoms with Crippen LogP contribution in [0.2, 0.25) is 0 Å². The van der Waals surface area contributed by atoms with Gasteiger partial charge in [0.25, 0.3) is 5.69 Å². The SMILES string of the molecule is CC(=O)Nc1cccc(O[C@H](C)c2cccc([N+](=O)[O-])c2)c1. The van der Waals surface area contributed by atoms with Crippen LogP contribution < -0.4 is 10.1 Å². The minimum absolute atomic E-state index is 0.0277. The van der Waals surface area contributed by atoms with E-state index in [1.807, 2.05) is 6.92 Å². The van der Waals surface area contributed by atoms with Gasteiger partial charge in [-0.15, -0.1) is 0 Å². The molecule has 0 spiro atoms. The van der Waals surface area contributed by atoms with Gasteiger partial charge in [-0.25, -0.2) is 0 Å². The Morgan fingerprint density at radius 1 is 1.23 bits per heavy atom. The first kappa shape index (κ1) is 15.5. The van der Waals surface area contributed by atoms with E-state index in [0.29, 0.717) is 17.0 Å². The molecule has 0 aliphatic rings. The molecule has 0 saturated carbocycles. The topological polar surface area (TPSA) is 81.5 Å². The maximum Gasteiger partial charge on any atom is 0.269 e. The molecule has 1 amide bonds. The summed E-state index contributed by atoms with van der Waals surface area (Å²) in [5.74, 6) is 0.411. The minimum atomic E-state index is -0.437. The van der Waals surface area contributed by atoms with Crippen molar-refractivity contribution in [2.45, 2.75) is 20.0 Å². The quantitative estimate of drug-likeness (QED) is 0.674. The molecule has 22 heavy (non-hydrogen) atoms. The van der Waals surface area contributed by atoms with Crippen LogP contribution in [-0.2, 0) is 4.79 Å². The lowest BCUT2D eigenvalue weighted by Crippen LogP contribution is -2.07. The van der Waals surface area contributed by atoms with Gasteiger partial charge in [0.15, 0.2) is 0 Å². The highest BCUT2D eigenvalue weighted by Gasteiger charge is 2.12. The normalized spacial score (nSPS) is 11.5. The van der Waals surface area contributed by atoms with Gasteiger partial charge in [-0.1, -0.05) is 18.2 Å². The molecule has 0 radical (unpaired) electrons. The molecular weight excluding hydrogens is 284 g/mol. The van der Waals surface area contributed by atoms with E-state index in [4.69, 9.17) is 4.74 Å². The van der Waals surface area contributed by atoms with Crippen LogP contribution in [0.25, 0.3) is 0 Å². The number of rotatable bonds is 5. The van der Waals surface area contributed by atoms with Gasteiger partial charge in [0.05, 0.1) is 4.92 Å². The number of nitrogens with zero attached hydrogens (tertiary/aromatic N) is 1. The molecule has 6 nitrogen and oxygen atoms in total. The van der Waals surface area contributed by atoms with E-state index in [1.165, 1.54) is 19.1 Å². The fourth-order valence-electron chi connectivity index (χ4n) is 2.01. The molecule has 0 bridgehead atoms. The monoisotopic (exact) mass is 300 g/mol. The van der Waals surface area contributed by atoms with E-state index in [2.05, 4.69) is 5.32 Å². The Kier molecular flexibility index (Phi) is 4.73. The first-order valence-electron chi connectivity index (χ1n) is 6.74. The van der Waals surface area contributed by atoms with Gasteiger partial charge in [-0.3, -0.25) is 14.9 Å². The maximum atomic E-state index is 11.1. The number of nitro benzene ring substituents is 1. The number of nitrogens with one attached hydrogen (secondary N) is 1. The number of ether oxygens (including phenoxy) is 1. The standard InChI is InChI=1S/C16H16N2O4/c1-11(13-5-3-7-15(9-13)18(20)21)22-16-8-4-6-14(10-16)17-12(2)19/h3-11H,1-2H3,(H,17,19)/t11-/m1/s1. The van der Waals surface area contributed by atoms with Crippen molar-refractivity contribution in [2.75, 3.05) is 5.32 Å². The third-order valence-electron chi connectivity index (χ3n) is 3.02. The Labute approximate surface area is 127 Å². The van der Waals surface area contributed by atoms with Crippen molar-refractivity contribution in [3.8, 4) is 5.75 Å². The first-order valence-corrected chi connectivity index (χ1v) is 6.74. The number of benzene rings is 2. The number of carbonyl (C=O) groups is 1. The fourth-order valence-corrected chi connectivity index (χ4v) is 2.01. The number of carbonyl (C=O) groups excluding carboxylic acids is 1. The molecular formula is C16H16N2O4. The smallest absolute Gasteiger partial charge is 0.269 e. The Morgan fingerprint density at radius 2 is 1.95 bits per heavy atom. The van der Waals surface area contributed by atoms with Gasteiger partial charge in [-0.2, -0.15) is 0 Å². The van der Waals surface area contributed by atoms with E-state index in [1.54, 1.807) is 36.4 Å². The second kappa shape index (κ2) is 6.71. The molecule has 6 heteroatoms. The molecule has 2 rings (SSSR count). The summed E-state index contributed by atoms with van der Waals surface area (Å²) in [5.41, 5.74) is 1.37. The van der Waals surface area contributed by atoms with Gasteiger partial charge < -0.3 is 10.1 Å². The maximum absolute atomic E-state index is 11.1.